The summed E-state index contributed by atoms with van der Waals surface area (Å²) in [6, 6.07) is 18.2. The van der Waals surface area contributed by atoms with Gasteiger partial charge in [0.1, 0.15) is 5.82 Å². The summed E-state index contributed by atoms with van der Waals surface area (Å²) in [7, 11) is 0. The van der Waals surface area contributed by atoms with E-state index in [4.69, 9.17) is 11.6 Å². The van der Waals surface area contributed by atoms with Crippen LogP contribution in [0.1, 0.15) is 25.3 Å². The van der Waals surface area contributed by atoms with E-state index in [1.165, 1.54) is 16.3 Å². The summed E-state index contributed by atoms with van der Waals surface area (Å²) in [6.07, 6.45) is 2.67. The summed E-state index contributed by atoms with van der Waals surface area (Å²) in [5.74, 6) is 0.537. The van der Waals surface area contributed by atoms with Crippen LogP contribution in [0.25, 0.3) is 5.69 Å². The minimum absolute atomic E-state index is 0.0112. The van der Waals surface area contributed by atoms with Gasteiger partial charge in [-0.25, -0.2) is 0 Å². The summed E-state index contributed by atoms with van der Waals surface area (Å²) < 4.78 is 1.35. The average Bonchev–Trinajstić information content (AvgIpc) is 2.80. The molecule has 0 radical (unpaired) electrons. The molecular formula is C24H25ClN4O2. The molecule has 31 heavy (non-hydrogen) atoms. The monoisotopic (exact) mass is 436 g/mol. The van der Waals surface area contributed by atoms with Gasteiger partial charge in [-0.15, -0.1) is 5.10 Å². The number of carbonyl (C=O) groups is 1. The van der Waals surface area contributed by atoms with Gasteiger partial charge in [0, 0.05) is 29.9 Å². The molecular weight excluding hydrogens is 412 g/mol. The Hall–Kier alpha value is -3.12. The third-order valence-electron chi connectivity index (χ3n) is 5.58. The number of aromatic nitrogens is 2. The van der Waals surface area contributed by atoms with E-state index in [2.05, 4.69) is 22.2 Å². The van der Waals surface area contributed by atoms with Gasteiger partial charge in [0.25, 0.3) is 5.56 Å². The zero-order chi connectivity index (χ0) is 21.8. The fourth-order valence-electron chi connectivity index (χ4n) is 3.83. The number of piperidine rings is 1. The number of halogens is 1. The number of benzene rings is 2. The number of amides is 1. The quantitative estimate of drug-likeness (QED) is 0.647. The Kier molecular flexibility index (Phi) is 6.37. The van der Waals surface area contributed by atoms with E-state index in [-0.39, 0.29) is 17.4 Å². The van der Waals surface area contributed by atoms with Crippen molar-refractivity contribution < 1.29 is 4.79 Å². The van der Waals surface area contributed by atoms with Crippen LogP contribution in [-0.2, 0) is 11.2 Å². The Balaban J connectivity index is 1.49. The molecule has 3 aromatic rings. The number of rotatable bonds is 5. The average molecular weight is 437 g/mol. The first-order valence-electron chi connectivity index (χ1n) is 10.5. The van der Waals surface area contributed by atoms with Gasteiger partial charge in [-0.1, -0.05) is 36.7 Å². The maximum absolute atomic E-state index is 12.9. The molecule has 6 nitrogen and oxygen atoms in total. The molecule has 1 N–H and O–H groups in total. The predicted molar refractivity (Wildman–Crippen MR) is 124 cm³/mol. The van der Waals surface area contributed by atoms with Gasteiger partial charge in [-0.05, 0) is 61.2 Å². The minimum atomic E-state index is -0.229. The lowest BCUT2D eigenvalue weighted by Crippen LogP contribution is -2.41. The number of nitrogens with one attached hydrogen (secondary N) is 1. The molecule has 0 bridgehead atoms. The van der Waals surface area contributed by atoms with Gasteiger partial charge < -0.3 is 10.2 Å². The van der Waals surface area contributed by atoms with E-state index in [0.717, 1.165) is 31.5 Å². The molecule has 1 atom stereocenters. The lowest BCUT2D eigenvalue weighted by molar-refractivity contribution is -0.120. The van der Waals surface area contributed by atoms with Crippen molar-refractivity contribution in [2.75, 3.05) is 23.3 Å². The summed E-state index contributed by atoms with van der Waals surface area (Å²) >= 11 is 6.07. The van der Waals surface area contributed by atoms with Crippen LogP contribution in [0.2, 0.25) is 5.02 Å². The standard InChI is InChI=1S/C24H25ClN4O2/c1-2-17-8-10-20(11-9-17)26-24(31)18-5-4-14-28(16-18)22-12-13-23(30)29(27-22)21-7-3-6-19(25)15-21/h3,6-13,15,18H,2,4-5,14,16H2,1H3,(H,26,31)/t18-/m0/s1. The summed E-state index contributed by atoms with van der Waals surface area (Å²) in [6.45, 7) is 3.45. The van der Waals surface area contributed by atoms with Gasteiger partial charge in [0.05, 0.1) is 11.6 Å². The van der Waals surface area contributed by atoms with Crippen molar-refractivity contribution in [1.82, 2.24) is 9.78 Å². The Morgan fingerprint density at radius 3 is 2.71 bits per heavy atom. The van der Waals surface area contributed by atoms with Crippen LogP contribution in [0.4, 0.5) is 11.5 Å². The van der Waals surface area contributed by atoms with E-state index in [0.29, 0.717) is 23.1 Å². The third kappa shape index (κ3) is 4.97. The van der Waals surface area contributed by atoms with E-state index in [1.54, 1.807) is 30.3 Å². The highest BCUT2D eigenvalue weighted by molar-refractivity contribution is 6.30. The Morgan fingerprint density at radius 2 is 1.97 bits per heavy atom. The lowest BCUT2D eigenvalue weighted by Gasteiger charge is -2.33. The van der Waals surface area contributed by atoms with E-state index in [9.17, 15) is 9.59 Å². The molecule has 4 rings (SSSR count). The van der Waals surface area contributed by atoms with Crippen molar-refractivity contribution in [3.05, 3.63) is 81.6 Å². The smallest absolute Gasteiger partial charge is 0.271 e. The number of anilines is 2. The second kappa shape index (κ2) is 9.35. The number of hydrogen-bond acceptors (Lipinski definition) is 4. The number of carbonyl (C=O) groups excluding carboxylic acids is 1. The van der Waals surface area contributed by atoms with Crippen molar-refractivity contribution in [1.29, 1.82) is 0 Å². The van der Waals surface area contributed by atoms with Crippen molar-refractivity contribution in [2.45, 2.75) is 26.2 Å². The van der Waals surface area contributed by atoms with Crippen molar-refractivity contribution in [3.8, 4) is 5.69 Å². The molecule has 1 aromatic heterocycles. The van der Waals surface area contributed by atoms with Gasteiger partial charge in [-0.3, -0.25) is 9.59 Å². The molecule has 2 heterocycles. The van der Waals surface area contributed by atoms with Gasteiger partial charge in [-0.2, -0.15) is 4.68 Å². The molecule has 1 fully saturated rings. The fourth-order valence-corrected chi connectivity index (χ4v) is 4.01. The van der Waals surface area contributed by atoms with E-state index >= 15 is 0 Å². The van der Waals surface area contributed by atoms with Gasteiger partial charge >= 0.3 is 0 Å². The zero-order valence-corrected chi connectivity index (χ0v) is 18.2. The molecule has 2 aromatic carbocycles. The molecule has 0 saturated carbocycles. The first kappa shape index (κ1) is 21.1. The number of hydrogen-bond donors (Lipinski definition) is 1. The maximum Gasteiger partial charge on any atom is 0.271 e. The molecule has 0 spiro atoms. The van der Waals surface area contributed by atoms with Crippen LogP contribution >= 0.6 is 11.6 Å². The lowest BCUT2D eigenvalue weighted by atomic mass is 9.97. The largest absolute Gasteiger partial charge is 0.354 e. The van der Waals surface area contributed by atoms with Crippen LogP contribution < -0.4 is 15.8 Å². The molecule has 1 aliphatic rings. The van der Waals surface area contributed by atoms with Crippen LogP contribution in [0.5, 0.6) is 0 Å². The predicted octanol–water partition coefficient (Wildman–Crippen LogP) is 4.30. The van der Waals surface area contributed by atoms with Crippen molar-refractivity contribution in [3.63, 3.8) is 0 Å². The molecule has 0 unspecified atom stereocenters. The Bertz CT molecular complexity index is 1130. The zero-order valence-electron chi connectivity index (χ0n) is 17.4. The second-order valence-electron chi connectivity index (χ2n) is 7.75. The normalized spacial score (nSPS) is 16.2. The van der Waals surface area contributed by atoms with E-state index in [1.807, 2.05) is 24.3 Å². The SMILES string of the molecule is CCc1ccc(NC(=O)[C@H]2CCCN(c3ccc(=O)n(-c4cccc(Cl)c4)n3)C2)cc1. The molecule has 1 saturated heterocycles. The maximum atomic E-state index is 12.9. The van der Waals surface area contributed by atoms with Crippen LogP contribution in [0, 0.1) is 5.92 Å². The summed E-state index contributed by atoms with van der Waals surface area (Å²) in [4.78, 5) is 27.3. The van der Waals surface area contributed by atoms with Crippen LogP contribution in [0.3, 0.4) is 0 Å². The highest BCUT2D eigenvalue weighted by atomic mass is 35.5. The first-order valence-corrected chi connectivity index (χ1v) is 10.9. The molecule has 160 valence electrons. The first-order chi connectivity index (χ1) is 15.0. The van der Waals surface area contributed by atoms with Crippen LogP contribution in [-0.4, -0.2) is 28.8 Å². The van der Waals surface area contributed by atoms with Crippen LogP contribution in [0.15, 0.2) is 65.5 Å². The molecule has 1 amide bonds. The Labute approximate surface area is 186 Å². The summed E-state index contributed by atoms with van der Waals surface area (Å²) in [5.41, 5.74) is 2.43. The Morgan fingerprint density at radius 1 is 1.16 bits per heavy atom. The van der Waals surface area contributed by atoms with E-state index < -0.39 is 0 Å². The minimum Gasteiger partial charge on any atom is -0.354 e. The third-order valence-corrected chi connectivity index (χ3v) is 5.82. The summed E-state index contributed by atoms with van der Waals surface area (Å²) in [5, 5.41) is 8.12. The highest BCUT2D eigenvalue weighted by Crippen LogP contribution is 2.23. The molecule has 0 aliphatic carbocycles. The number of aryl methyl sites for hydroxylation is 1. The second-order valence-corrected chi connectivity index (χ2v) is 8.18. The van der Waals surface area contributed by atoms with Crippen molar-refractivity contribution >= 4 is 29.0 Å². The van der Waals surface area contributed by atoms with Crippen molar-refractivity contribution in [2.24, 2.45) is 5.92 Å². The molecule has 7 heteroatoms. The van der Waals surface area contributed by atoms with Gasteiger partial charge in [0.2, 0.25) is 5.91 Å². The fraction of sp³-hybridized carbons (Fsp3) is 0.292. The number of nitrogens with zero attached hydrogens (tertiary/aromatic N) is 3. The molecule has 1 aliphatic heterocycles. The highest BCUT2D eigenvalue weighted by Gasteiger charge is 2.27. The topological polar surface area (TPSA) is 67.2 Å². The van der Waals surface area contributed by atoms with Gasteiger partial charge in [0.15, 0.2) is 0 Å².